The van der Waals surface area contributed by atoms with E-state index in [-0.39, 0.29) is 35.5 Å². The van der Waals surface area contributed by atoms with Crippen molar-refractivity contribution in [3.05, 3.63) is 88.5 Å². The van der Waals surface area contributed by atoms with E-state index in [0.29, 0.717) is 16.7 Å². The standard InChI is InChI=1S/C32H34F4O2/c1-3-5-20-38-25-15-12-23(13-16-25)26-17-14-24(29(33)30(26)34)11-8-21-6-9-22(10-7-21)27-18-19-28(37-4-2)32(36)31(27)35/h6-11,14,17-19,23,25H,3-5,12-13,15-16,20H2,1-2H3/b11-8+. The van der Waals surface area contributed by atoms with Gasteiger partial charge in [-0.05, 0) is 73.8 Å². The van der Waals surface area contributed by atoms with Gasteiger partial charge in [0.15, 0.2) is 23.2 Å². The average Bonchev–Trinajstić information content (AvgIpc) is 2.93. The Labute approximate surface area is 222 Å². The number of hydrogen-bond acceptors (Lipinski definition) is 2. The Morgan fingerprint density at radius 2 is 1.50 bits per heavy atom. The summed E-state index contributed by atoms with van der Waals surface area (Å²) in [6.07, 6.45) is 8.82. The minimum atomic E-state index is -1.03. The minimum absolute atomic E-state index is 0.00562. The van der Waals surface area contributed by atoms with Crippen molar-refractivity contribution in [3.63, 3.8) is 0 Å². The molecule has 0 radical (unpaired) electrons. The third kappa shape index (κ3) is 6.47. The molecule has 0 saturated heterocycles. The van der Waals surface area contributed by atoms with Crippen LogP contribution in [0.2, 0.25) is 0 Å². The highest BCUT2D eigenvalue weighted by Gasteiger charge is 2.26. The summed E-state index contributed by atoms with van der Waals surface area (Å²) in [6.45, 7) is 4.82. The SMILES string of the molecule is CCCCOC1CCC(c2ccc(/C=C/c3ccc(-c4ccc(OCC)c(F)c4F)cc3)c(F)c2F)CC1. The summed E-state index contributed by atoms with van der Waals surface area (Å²) < 4.78 is 69.7. The Morgan fingerprint density at radius 3 is 2.18 bits per heavy atom. The molecule has 3 aromatic carbocycles. The first kappa shape index (κ1) is 27.9. The highest BCUT2D eigenvalue weighted by Crippen LogP contribution is 2.37. The highest BCUT2D eigenvalue weighted by atomic mass is 19.2. The topological polar surface area (TPSA) is 18.5 Å². The molecule has 3 aromatic rings. The number of hydrogen-bond donors (Lipinski definition) is 0. The molecule has 1 fully saturated rings. The van der Waals surface area contributed by atoms with Gasteiger partial charge in [-0.15, -0.1) is 0 Å². The Balaban J connectivity index is 1.42. The van der Waals surface area contributed by atoms with E-state index in [9.17, 15) is 17.6 Å². The second-order valence-corrected chi connectivity index (χ2v) is 9.70. The zero-order valence-electron chi connectivity index (χ0n) is 21.9. The normalized spacial score (nSPS) is 17.7. The van der Waals surface area contributed by atoms with Crippen LogP contribution in [0.4, 0.5) is 17.6 Å². The van der Waals surface area contributed by atoms with E-state index >= 15 is 0 Å². The van der Waals surface area contributed by atoms with Crippen molar-refractivity contribution in [2.24, 2.45) is 0 Å². The lowest BCUT2D eigenvalue weighted by molar-refractivity contribution is 0.0230. The van der Waals surface area contributed by atoms with E-state index in [1.807, 2.05) is 0 Å². The van der Waals surface area contributed by atoms with E-state index in [4.69, 9.17) is 9.47 Å². The summed E-state index contributed by atoms with van der Waals surface area (Å²) in [5.41, 5.74) is 1.92. The summed E-state index contributed by atoms with van der Waals surface area (Å²) >= 11 is 0. The third-order valence-electron chi connectivity index (χ3n) is 7.13. The lowest BCUT2D eigenvalue weighted by atomic mass is 9.82. The van der Waals surface area contributed by atoms with Gasteiger partial charge in [-0.1, -0.05) is 61.9 Å². The number of rotatable bonds is 10. The van der Waals surface area contributed by atoms with Gasteiger partial charge < -0.3 is 9.47 Å². The Bertz CT molecular complexity index is 1250. The van der Waals surface area contributed by atoms with Gasteiger partial charge in [0.2, 0.25) is 5.82 Å². The van der Waals surface area contributed by atoms with Crippen LogP contribution in [-0.4, -0.2) is 19.3 Å². The van der Waals surface area contributed by atoms with Crippen LogP contribution in [-0.2, 0) is 4.74 Å². The molecule has 0 aromatic heterocycles. The molecule has 2 nitrogen and oxygen atoms in total. The van der Waals surface area contributed by atoms with Crippen LogP contribution in [0.3, 0.4) is 0 Å². The van der Waals surface area contributed by atoms with Crippen molar-refractivity contribution >= 4 is 12.2 Å². The molecule has 0 unspecified atom stereocenters. The minimum Gasteiger partial charge on any atom is -0.491 e. The summed E-state index contributed by atoms with van der Waals surface area (Å²) in [6, 6.07) is 12.9. The van der Waals surface area contributed by atoms with Crippen LogP contribution in [0.25, 0.3) is 23.3 Å². The Morgan fingerprint density at radius 1 is 0.763 bits per heavy atom. The number of unbranched alkanes of at least 4 members (excludes halogenated alkanes) is 1. The van der Waals surface area contributed by atoms with Crippen molar-refractivity contribution in [1.29, 1.82) is 0 Å². The van der Waals surface area contributed by atoms with Crippen LogP contribution < -0.4 is 4.74 Å². The van der Waals surface area contributed by atoms with E-state index < -0.39 is 23.3 Å². The quantitative estimate of drug-likeness (QED) is 0.149. The molecule has 4 rings (SSSR count). The van der Waals surface area contributed by atoms with E-state index in [1.54, 1.807) is 49.4 Å². The van der Waals surface area contributed by atoms with Gasteiger partial charge in [-0.2, -0.15) is 4.39 Å². The molecule has 6 heteroatoms. The molecular formula is C32H34F4O2. The molecule has 1 aliphatic rings. The summed E-state index contributed by atoms with van der Waals surface area (Å²) in [4.78, 5) is 0. The number of ether oxygens (including phenoxy) is 2. The van der Waals surface area contributed by atoms with Gasteiger partial charge in [-0.25, -0.2) is 13.2 Å². The molecule has 0 atom stereocenters. The first-order valence-corrected chi connectivity index (χ1v) is 13.4. The maximum Gasteiger partial charge on any atom is 0.201 e. The molecule has 38 heavy (non-hydrogen) atoms. The van der Waals surface area contributed by atoms with Crippen molar-refractivity contribution in [2.75, 3.05) is 13.2 Å². The van der Waals surface area contributed by atoms with Gasteiger partial charge in [0.1, 0.15) is 0 Å². The fraction of sp³-hybridized carbons (Fsp3) is 0.375. The van der Waals surface area contributed by atoms with E-state index in [2.05, 4.69) is 6.92 Å². The van der Waals surface area contributed by atoms with Gasteiger partial charge >= 0.3 is 0 Å². The predicted octanol–water partition coefficient (Wildman–Crippen LogP) is 9.32. The number of halogens is 4. The second-order valence-electron chi connectivity index (χ2n) is 9.70. The summed E-state index contributed by atoms with van der Waals surface area (Å²) in [7, 11) is 0. The molecule has 1 saturated carbocycles. The van der Waals surface area contributed by atoms with Crippen molar-refractivity contribution in [3.8, 4) is 16.9 Å². The zero-order chi connectivity index (χ0) is 27.1. The van der Waals surface area contributed by atoms with Gasteiger partial charge in [-0.3, -0.25) is 0 Å². The molecule has 0 spiro atoms. The van der Waals surface area contributed by atoms with Crippen molar-refractivity contribution < 1.29 is 27.0 Å². The zero-order valence-corrected chi connectivity index (χ0v) is 21.9. The molecule has 0 N–H and O–H groups in total. The van der Waals surface area contributed by atoms with Crippen molar-refractivity contribution in [1.82, 2.24) is 0 Å². The van der Waals surface area contributed by atoms with E-state index in [0.717, 1.165) is 45.1 Å². The second kappa shape index (κ2) is 13.1. The van der Waals surface area contributed by atoms with Gasteiger partial charge in [0, 0.05) is 17.7 Å². The predicted molar refractivity (Wildman–Crippen MR) is 144 cm³/mol. The smallest absolute Gasteiger partial charge is 0.201 e. The fourth-order valence-electron chi connectivity index (χ4n) is 4.94. The third-order valence-corrected chi connectivity index (χ3v) is 7.13. The van der Waals surface area contributed by atoms with Crippen LogP contribution in [0.15, 0.2) is 48.5 Å². The van der Waals surface area contributed by atoms with Gasteiger partial charge in [0.05, 0.1) is 12.7 Å². The lowest BCUT2D eigenvalue weighted by Crippen LogP contribution is -2.22. The molecule has 202 valence electrons. The first-order chi connectivity index (χ1) is 18.4. The van der Waals surface area contributed by atoms with Crippen LogP contribution in [0.1, 0.15) is 75.0 Å². The molecule has 1 aliphatic carbocycles. The lowest BCUT2D eigenvalue weighted by Gasteiger charge is -2.29. The number of benzene rings is 3. The molecule has 0 heterocycles. The van der Waals surface area contributed by atoms with Crippen LogP contribution >= 0.6 is 0 Å². The van der Waals surface area contributed by atoms with Gasteiger partial charge in [0.25, 0.3) is 0 Å². The van der Waals surface area contributed by atoms with Crippen LogP contribution in [0, 0.1) is 23.3 Å². The molecule has 0 amide bonds. The largest absolute Gasteiger partial charge is 0.491 e. The Hall–Kier alpha value is -3.12. The monoisotopic (exact) mass is 526 g/mol. The fourth-order valence-corrected chi connectivity index (χ4v) is 4.94. The highest BCUT2D eigenvalue weighted by molar-refractivity contribution is 5.73. The molecular weight excluding hydrogens is 492 g/mol. The maximum absolute atomic E-state index is 15.0. The summed E-state index contributed by atoms with van der Waals surface area (Å²) in [5, 5.41) is 0. The molecule has 0 aliphatic heterocycles. The van der Waals surface area contributed by atoms with Crippen LogP contribution in [0.5, 0.6) is 5.75 Å². The Kier molecular flexibility index (Phi) is 9.62. The van der Waals surface area contributed by atoms with Crippen molar-refractivity contribution in [2.45, 2.75) is 64.4 Å². The summed E-state index contributed by atoms with van der Waals surface area (Å²) in [5.74, 6) is -3.78. The maximum atomic E-state index is 15.0. The first-order valence-electron chi connectivity index (χ1n) is 13.4. The average molecular weight is 527 g/mol. The van der Waals surface area contributed by atoms with E-state index in [1.165, 1.54) is 18.2 Å². The molecule has 0 bridgehead atoms.